The summed E-state index contributed by atoms with van der Waals surface area (Å²) < 4.78 is 0. The Balaban J connectivity index is 2.20. The first-order valence-electron chi connectivity index (χ1n) is 4.51. The van der Waals surface area contributed by atoms with Crippen molar-refractivity contribution in [3.63, 3.8) is 0 Å². The molecule has 0 atom stereocenters. The summed E-state index contributed by atoms with van der Waals surface area (Å²) in [5.41, 5.74) is 6.41. The normalized spacial score (nSPS) is 15.8. The minimum Gasteiger partial charge on any atom is -0.336 e. The number of amides is 2. The Morgan fingerprint density at radius 1 is 1.57 bits per heavy atom. The van der Waals surface area contributed by atoms with Gasteiger partial charge in [-0.3, -0.25) is 4.90 Å². The molecule has 0 spiro atoms. The van der Waals surface area contributed by atoms with Gasteiger partial charge in [-0.2, -0.15) is 0 Å². The lowest BCUT2D eigenvalue weighted by Crippen LogP contribution is -2.28. The molecule has 0 radical (unpaired) electrons. The molecule has 2 heterocycles. The van der Waals surface area contributed by atoms with Gasteiger partial charge in [-0.25, -0.2) is 9.78 Å². The number of anilines is 1. The molecule has 2 rings (SSSR count). The van der Waals surface area contributed by atoms with E-state index in [2.05, 4.69) is 10.3 Å². The highest BCUT2D eigenvalue weighted by atomic mass is 16.2. The van der Waals surface area contributed by atoms with Crippen LogP contribution in [-0.4, -0.2) is 24.1 Å². The van der Waals surface area contributed by atoms with Crippen LogP contribution in [0.4, 0.5) is 10.6 Å². The number of pyridine rings is 1. The Hall–Kier alpha value is -1.62. The maximum Gasteiger partial charge on any atom is 0.323 e. The number of aromatic nitrogens is 1. The van der Waals surface area contributed by atoms with Gasteiger partial charge >= 0.3 is 6.03 Å². The molecule has 74 valence electrons. The van der Waals surface area contributed by atoms with Gasteiger partial charge in [-0.15, -0.1) is 0 Å². The SMILES string of the molecule is NCc1ccc(N2CCNC2=O)nc1. The fourth-order valence-corrected chi connectivity index (χ4v) is 1.39. The molecule has 1 aliphatic heterocycles. The summed E-state index contributed by atoms with van der Waals surface area (Å²) in [6.07, 6.45) is 1.70. The number of urea groups is 1. The third-order valence-electron chi connectivity index (χ3n) is 2.18. The summed E-state index contributed by atoms with van der Waals surface area (Å²) in [6.45, 7) is 1.83. The Morgan fingerprint density at radius 2 is 2.43 bits per heavy atom. The van der Waals surface area contributed by atoms with Crippen LogP contribution in [0, 0.1) is 0 Å². The van der Waals surface area contributed by atoms with E-state index in [1.807, 2.05) is 12.1 Å². The zero-order valence-electron chi connectivity index (χ0n) is 7.73. The van der Waals surface area contributed by atoms with Gasteiger partial charge in [0.15, 0.2) is 0 Å². The molecule has 0 bridgehead atoms. The third-order valence-corrected chi connectivity index (χ3v) is 2.18. The second-order valence-electron chi connectivity index (χ2n) is 3.11. The van der Waals surface area contributed by atoms with E-state index in [1.54, 1.807) is 11.1 Å². The van der Waals surface area contributed by atoms with Crippen molar-refractivity contribution in [2.24, 2.45) is 5.73 Å². The number of nitrogens with zero attached hydrogens (tertiary/aromatic N) is 2. The van der Waals surface area contributed by atoms with Crippen LogP contribution in [-0.2, 0) is 6.54 Å². The summed E-state index contributed by atoms with van der Waals surface area (Å²) >= 11 is 0. The largest absolute Gasteiger partial charge is 0.336 e. The van der Waals surface area contributed by atoms with E-state index in [0.29, 0.717) is 25.5 Å². The minimum absolute atomic E-state index is 0.0852. The van der Waals surface area contributed by atoms with Crippen molar-refractivity contribution in [2.45, 2.75) is 6.54 Å². The lowest BCUT2D eigenvalue weighted by molar-refractivity contribution is 0.252. The molecule has 1 aliphatic rings. The monoisotopic (exact) mass is 192 g/mol. The molecule has 1 aromatic rings. The van der Waals surface area contributed by atoms with E-state index in [0.717, 1.165) is 5.56 Å². The first kappa shape index (κ1) is 8.96. The highest BCUT2D eigenvalue weighted by molar-refractivity contribution is 5.92. The van der Waals surface area contributed by atoms with Crippen molar-refractivity contribution >= 4 is 11.8 Å². The van der Waals surface area contributed by atoms with E-state index in [1.165, 1.54) is 0 Å². The van der Waals surface area contributed by atoms with Crippen LogP contribution < -0.4 is 16.0 Å². The molecule has 5 nitrogen and oxygen atoms in total. The topological polar surface area (TPSA) is 71.2 Å². The second-order valence-corrected chi connectivity index (χ2v) is 3.11. The average Bonchev–Trinajstić information content (AvgIpc) is 2.65. The maximum atomic E-state index is 11.3. The first-order valence-corrected chi connectivity index (χ1v) is 4.51. The second kappa shape index (κ2) is 3.63. The van der Waals surface area contributed by atoms with Crippen LogP contribution in [0.5, 0.6) is 0 Å². The fraction of sp³-hybridized carbons (Fsp3) is 0.333. The molecule has 0 saturated carbocycles. The summed E-state index contributed by atoms with van der Waals surface area (Å²) in [6, 6.07) is 3.61. The van der Waals surface area contributed by atoms with Crippen molar-refractivity contribution in [3.05, 3.63) is 23.9 Å². The van der Waals surface area contributed by atoms with Gasteiger partial charge in [-0.05, 0) is 11.6 Å². The number of nitrogens with two attached hydrogens (primary N) is 1. The molecule has 5 heteroatoms. The third kappa shape index (κ3) is 1.54. The Bertz CT molecular complexity index is 335. The number of carbonyl (C=O) groups is 1. The molecule has 14 heavy (non-hydrogen) atoms. The average molecular weight is 192 g/mol. The van der Waals surface area contributed by atoms with Gasteiger partial charge in [0.2, 0.25) is 0 Å². The summed E-state index contributed by atoms with van der Waals surface area (Å²) in [5.74, 6) is 0.678. The van der Waals surface area contributed by atoms with Crippen molar-refractivity contribution in [1.29, 1.82) is 0 Å². The first-order chi connectivity index (χ1) is 6.81. The highest BCUT2D eigenvalue weighted by Gasteiger charge is 2.21. The van der Waals surface area contributed by atoms with Gasteiger partial charge in [0.1, 0.15) is 5.82 Å². The maximum absolute atomic E-state index is 11.3. The Morgan fingerprint density at radius 3 is 2.93 bits per heavy atom. The van der Waals surface area contributed by atoms with Crippen LogP contribution in [0.15, 0.2) is 18.3 Å². The van der Waals surface area contributed by atoms with Crippen molar-refractivity contribution in [1.82, 2.24) is 10.3 Å². The van der Waals surface area contributed by atoms with E-state index in [4.69, 9.17) is 5.73 Å². The molecule has 1 saturated heterocycles. The van der Waals surface area contributed by atoms with Crippen LogP contribution in [0.2, 0.25) is 0 Å². The molecular weight excluding hydrogens is 180 g/mol. The van der Waals surface area contributed by atoms with Gasteiger partial charge in [-0.1, -0.05) is 6.07 Å². The van der Waals surface area contributed by atoms with Crippen molar-refractivity contribution < 1.29 is 4.79 Å². The smallest absolute Gasteiger partial charge is 0.323 e. The highest BCUT2D eigenvalue weighted by Crippen LogP contribution is 2.13. The number of hydrogen-bond donors (Lipinski definition) is 2. The molecule has 1 aromatic heterocycles. The zero-order chi connectivity index (χ0) is 9.97. The van der Waals surface area contributed by atoms with Gasteiger partial charge in [0.25, 0.3) is 0 Å². The molecular formula is C9H12N4O. The zero-order valence-corrected chi connectivity index (χ0v) is 7.73. The predicted octanol–water partition coefficient (Wildman–Crippen LogP) is 0.0699. The lowest BCUT2D eigenvalue weighted by atomic mass is 10.3. The number of hydrogen-bond acceptors (Lipinski definition) is 3. The summed E-state index contributed by atoms with van der Waals surface area (Å²) in [5, 5.41) is 2.72. The Labute approximate surface area is 81.9 Å². The van der Waals surface area contributed by atoms with Gasteiger partial charge in [0, 0.05) is 25.8 Å². The van der Waals surface area contributed by atoms with Crippen LogP contribution in [0.25, 0.3) is 0 Å². The lowest BCUT2D eigenvalue weighted by Gasteiger charge is -2.12. The van der Waals surface area contributed by atoms with E-state index >= 15 is 0 Å². The van der Waals surface area contributed by atoms with Crippen LogP contribution in [0.1, 0.15) is 5.56 Å². The van der Waals surface area contributed by atoms with Crippen molar-refractivity contribution in [3.8, 4) is 0 Å². The molecule has 0 aromatic carbocycles. The number of nitrogens with one attached hydrogen (secondary N) is 1. The van der Waals surface area contributed by atoms with Gasteiger partial charge < -0.3 is 11.1 Å². The standard InChI is InChI=1S/C9H12N4O/c10-5-7-1-2-8(12-6-7)13-4-3-11-9(13)14/h1-2,6H,3-5,10H2,(H,11,14). The van der Waals surface area contributed by atoms with E-state index in [9.17, 15) is 4.79 Å². The van der Waals surface area contributed by atoms with Crippen molar-refractivity contribution in [2.75, 3.05) is 18.0 Å². The number of rotatable bonds is 2. The van der Waals surface area contributed by atoms with Crippen LogP contribution >= 0.6 is 0 Å². The summed E-state index contributed by atoms with van der Waals surface area (Å²) in [7, 11) is 0. The van der Waals surface area contributed by atoms with Gasteiger partial charge in [0.05, 0.1) is 0 Å². The van der Waals surface area contributed by atoms with E-state index < -0.39 is 0 Å². The van der Waals surface area contributed by atoms with E-state index in [-0.39, 0.29) is 6.03 Å². The number of carbonyl (C=O) groups excluding carboxylic acids is 1. The Kier molecular flexibility index (Phi) is 2.32. The molecule has 0 aliphatic carbocycles. The molecule has 2 amide bonds. The quantitative estimate of drug-likeness (QED) is 0.696. The predicted molar refractivity (Wildman–Crippen MR) is 52.9 cm³/mol. The van der Waals surface area contributed by atoms with Crippen LogP contribution in [0.3, 0.4) is 0 Å². The molecule has 0 unspecified atom stereocenters. The molecule has 3 N–H and O–H groups in total. The minimum atomic E-state index is -0.0852. The summed E-state index contributed by atoms with van der Waals surface area (Å²) in [4.78, 5) is 17.1. The molecule has 1 fully saturated rings. The fourth-order valence-electron chi connectivity index (χ4n) is 1.39.